The highest BCUT2D eigenvalue weighted by molar-refractivity contribution is 5.73. The monoisotopic (exact) mass is 200 g/mol. The summed E-state index contributed by atoms with van der Waals surface area (Å²) in [6.45, 7) is 5.68. The Morgan fingerprint density at radius 1 is 1.50 bits per heavy atom. The van der Waals surface area contributed by atoms with Crippen LogP contribution in [-0.2, 0) is 9.53 Å². The lowest BCUT2D eigenvalue weighted by molar-refractivity contribution is -0.118. The lowest BCUT2D eigenvalue weighted by Gasteiger charge is -2.31. The summed E-state index contributed by atoms with van der Waals surface area (Å²) >= 11 is 0. The molecule has 0 atom stereocenters. The molecule has 1 aliphatic heterocycles. The van der Waals surface area contributed by atoms with E-state index in [1.807, 2.05) is 6.92 Å². The van der Waals surface area contributed by atoms with Crippen molar-refractivity contribution in [1.82, 2.24) is 4.90 Å². The number of amides is 1. The maximum Gasteiger partial charge on any atom is 0.218 e. The number of rotatable bonds is 5. The van der Waals surface area contributed by atoms with Crippen LogP contribution in [0.2, 0.25) is 0 Å². The Morgan fingerprint density at radius 3 is 2.64 bits per heavy atom. The number of piperidine rings is 1. The van der Waals surface area contributed by atoms with Crippen molar-refractivity contribution in [3.63, 3.8) is 0 Å². The molecule has 1 amide bonds. The highest BCUT2D eigenvalue weighted by Gasteiger charge is 2.18. The zero-order valence-corrected chi connectivity index (χ0v) is 8.87. The van der Waals surface area contributed by atoms with Crippen LogP contribution in [0.1, 0.15) is 26.2 Å². The molecule has 4 heteroatoms. The second-order valence-corrected chi connectivity index (χ2v) is 3.71. The van der Waals surface area contributed by atoms with Crippen molar-refractivity contribution >= 4 is 5.91 Å². The van der Waals surface area contributed by atoms with Gasteiger partial charge < -0.3 is 15.4 Å². The topological polar surface area (TPSA) is 55.6 Å². The molecule has 1 rings (SSSR count). The number of primary amides is 1. The van der Waals surface area contributed by atoms with Gasteiger partial charge in [0.2, 0.25) is 5.91 Å². The minimum absolute atomic E-state index is 0.211. The van der Waals surface area contributed by atoms with Gasteiger partial charge in [-0.25, -0.2) is 0 Å². The van der Waals surface area contributed by atoms with Gasteiger partial charge in [-0.15, -0.1) is 0 Å². The van der Waals surface area contributed by atoms with Gasteiger partial charge in [0.15, 0.2) is 0 Å². The molecule has 0 spiro atoms. The molecule has 1 saturated heterocycles. The molecule has 0 radical (unpaired) electrons. The number of hydrogen-bond donors (Lipinski definition) is 1. The quantitative estimate of drug-likeness (QED) is 0.697. The fraction of sp³-hybridized carbons (Fsp3) is 0.900. The predicted octanol–water partition coefficient (Wildman–Crippen LogP) is 0.363. The fourth-order valence-electron chi connectivity index (χ4n) is 1.80. The third-order valence-corrected chi connectivity index (χ3v) is 2.61. The van der Waals surface area contributed by atoms with E-state index in [0.717, 1.165) is 39.1 Å². The molecule has 0 unspecified atom stereocenters. The van der Waals surface area contributed by atoms with Crippen LogP contribution in [-0.4, -0.2) is 43.2 Å². The number of carbonyl (C=O) groups excluding carboxylic acids is 1. The zero-order valence-electron chi connectivity index (χ0n) is 8.87. The van der Waals surface area contributed by atoms with Gasteiger partial charge in [-0.05, 0) is 19.8 Å². The first-order valence-corrected chi connectivity index (χ1v) is 5.34. The fourth-order valence-corrected chi connectivity index (χ4v) is 1.80. The van der Waals surface area contributed by atoms with Crippen LogP contribution in [0.25, 0.3) is 0 Å². The molecule has 1 aliphatic rings. The Kier molecular flexibility index (Phi) is 4.90. The van der Waals surface area contributed by atoms with Crippen molar-refractivity contribution in [2.24, 2.45) is 5.73 Å². The Balaban J connectivity index is 2.12. The van der Waals surface area contributed by atoms with E-state index in [1.54, 1.807) is 0 Å². The van der Waals surface area contributed by atoms with Gasteiger partial charge in [0.1, 0.15) is 0 Å². The van der Waals surface area contributed by atoms with E-state index in [2.05, 4.69) is 4.90 Å². The van der Waals surface area contributed by atoms with Crippen molar-refractivity contribution in [2.45, 2.75) is 32.3 Å². The summed E-state index contributed by atoms with van der Waals surface area (Å²) in [5.41, 5.74) is 5.09. The molecular weight excluding hydrogens is 180 g/mol. The molecule has 0 saturated carbocycles. The van der Waals surface area contributed by atoms with Crippen LogP contribution in [0.3, 0.4) is 0 Å². The van der Waals surface area contributed by atoms with Gasteiger partial charge >= 0.3 is 0 Å². The number of hydrogen-bond acceptors (Lipinski definition) is 3. The van der Waals surface area contributed by atoms with Crippen molar-refractivity contribution in [3.8, 4) is 0 Å². The van der Waals surface area contributed by atoms with Crippen LogP contribution in [0.15, 0.2) is 0 Å². The van der Waals surface area contributed by atoms with Gasteiger partial charge in [0.05, 0.1) is 6.10 Å². The van der Waals surface area contributed by atoms with Gasteiger partial charge in [-0.1, -0.05) is 0 Å². The number of ether oxygens (including phenoxy) is 1. The number of nitrogens with two attached hydrogens (primary N) is 1. The average molecular weight is 200 g/mol. The largest absolute Gasteiger partial charge is 0.378 e. The smallest absolute Gasteiger partial charge is 0.218 e. The molecule has 0 aromatic rings. The molecule has 14 heavy (non-hydrogen) atoms. The summed E-state index contributed by atoms with van der Waals surface area (Å²) in [4.78, 5) is 12.9. The van der Waals surface area contributed by atoms with E-state index >= 15 is 0 Å². The van der Waals surface area contributed by atoms with Crippen molar-refractivity contribution in [3.05, 3.63) is 0 Å². The first-order valence-electron chi connectivity index (χ1n) is 5.34. The van der Waals surface area contributed by atoms with E-state index in [4.69, 9.17) is 10.5 Å². The normalized spacial score (nSPS) is 19.8. The summed E-state index contributed by atoms with van der Waals surface area (Å²) < 4.78 is 5.54. The van der Waals surface area contributed by atoms with Gasteiger partial charge in [-0.2, -0.15) is 0 Å². The maximum absolute atomic E-state index is 10.6. The Morgan fingerprint density at radius 2 is 2.14 bits per heavy atom. The molecule has 0 aromatic heterocycles. The summed E-state index contributed by atoms with van der Waals surface area (Å²) in [6.07, 6.45) is 3.04. The minimum Gasteiger partial charge on any atom is -0.378 e. The first-order chi connectivity index (χ1) is 6.72. The van der Waals surface area contributed by atoms with E-state index in [0.29, 0.717) is 12.5 Å². The van der Waals surface area contributed by atoms with Gasteiger partial charge in [0.25, 0.3) is 0 Å². The molecule has 82 valence electrons. The van der Waals surface area contributed by atoms with Crippen molar-refractivity contribution < 1.29 is 9.53 Å². The van der Waals surface area contributed by atoms with E-state index in [1.165, 1.54) is 0 Å². The third kappa shape index (κ3) is 4.07. The lowest BCUT2D eigenvalue weighted by Crippen LogP contribution is -2.38. The second kappa shape index (κ2) is 5.98. The highest BCUT2D eigenvalue weighted by Crippen LogP contribution is 2.13. The van der Waals surface area contributed by atoms with Gasteiger partial charge in [-0.3, -0.25) is 4.79 Å². The van der Waals surface area contributed by atoms with Crippen LogP contribution >= 0.6 is 0 Å². The number of nitrogens with zero attached hydrogens (tertiary/aromatic N) is 1. The average Bonchev–Trinajstić information content (AvgIpc) is 2.17. The van der Waals surface area contributed by atoms with E-state index < -0.39 is 0 Å². The highest BCUT2D eigenvalue weighted by atomic mass is 16.5. The third-order valence-electron chi connectivity index (χ3n) is 2.61. The Hall–Kier alpha value is -0.610. The van der Waals surface area contributed by atoms with Crippen LogP contribution in [0.4, 0.5) is 0 Å². The van der Waals surface area contributed by atoms with Crippen molar-refractivity contribution in [1.29, 1.82) is 0 Å². The minimum atomic E-state index is -0.211. The Labute approximate surface area is 85.4 Å². The van der Waals surface area contributed by atoms with Crippen LogP contribution < -0.4 is 5.73 Å². The molecule has 1 heterocycles. The first kappa shape index (κ1) is 11.5. The standard InChI is InChI=1S/C10H20N2O2/c1-2-14-9-3-6-12(7-4-9)8-5-10(11)13/h9H,2-8H2,1H3,(H2,11,13). The predicted molar refractivity (Wildman–Crippen MR) is 54.9 cm³/mol. The lowest BCUT2D eigenvalue weighted by atomic mass is 10.1. The summed E-state index contributed by atoms with van der Waals surface area (Å²) in [5.74, 6) is -0.211. The molecule has 2 N–H and O–H groups in total. The number of likely N-dealkylation sites (tertiary alicyclic amines) is 1. The second-order valence-electron chi connectivity index (χ2n) is 3.71. The molecule has 4 nitrogen and oxygen atoms in total. The maximum atomic E-state index is 10.6. The summed E-state index contributed by atoms with van der Waals surface area (Å²) in [6, 6.07) is 0. The molecule has 0 aliphatic carbocycles. The molecular formula is C10H20N2O2. The Bertz CT molecular complexity index is 177. The molecule has 0 aromatic carbocycles. The van der Waals surface area contributed by atoms with Crippen molar-refractivity contribution in [2.75, 3.05) is 26.2 Å². The summed E-state index contributed by atoms with van der Waals surface area (Å²) in [7, 11) is 0. The van der Waals surface area contributed by atoms with E-state index in [-0.39, 0.29) is 5.91 Å². The SMILES string of the molecule is CCOC1CCN(CCC(N)=O)CC1. The zero-order chi connectivity index (χ0) is 10.4. The summed E-state index contributed by atoms with van der Waals surface area (Å²) in [5, 5.41) is 0. The van der Waals surface area contributed by atoms with Gasteiger partial charge in [0, 0.05) is 32.7 Å². The molecule has 1 fully saturated rings. The van der Waals surface area contributed by atoms with Crippen LogP contribution in [0.5, 0.6) is 0 Å². The van der Waals surface area contributed by atoms with E-state index in [9.17, 15) is 4.79 Å². The van der Waals surface area contributed by atoms with Crippen LogP contribution in [0, 0.1) is 0 Å². The molecule has 0 bridgehead atoms. The number of carbonyl (C=O) groups is 1.